The molecule has 0 N–H and O–H groups in total. The van der Waals surface area contributed by atoms with Crippen LogP contribution in [0.15, 0.2) is 124 Å². The van der Waals surface area contributed by atoms with Gasteiger partial charge in [-0.15, -0.1) is 0 Å². The lowest BCUT2D eigenvalue weighted by Crippen LogP contribution is -2.31. The van der Waals surface area contributed by atoms with E-state index < -0.39 is 11.8 Å². The van der Waals surface area contributed by atoms with Crippen molar-refractivity contribution in [3.05, 3.63) is 137 Å². The Morgan fingerprint density at radius 2 is 1.43 bits per heavy atom. The highest BCUT2D eigenvalue weighted by Gasteiger charge is 2.44. The predicted octanol–water partition coefficient (Wildman–Crippen LogP) is 5.98. The van der Waals surface area contributed by atoms with Gasteiger partial charge in [-0.3, -0.25) is 9.59 Å². The van der Waals surface area contributed by atoms with Crippen LogP contribution < -0.4 is 0 Å². The Labute approximate surface area is 203 Å². The largest absolute Gasteiger partial charge is 0.465 e. The summed E-state index contributed by atoms with van der Waals surface area (Å²) in [7, 11) is 0. The van der Waals surface area contributed by atoms with Crippen LogP contribution in [0.3, 0.4) is 0 Å². The Balaban J connectivity index is 1.54. The number of carbonyl (C=O) groups is 2. The van der Waals surface area contributed by atoms with Gasteiger partial charge in [0.05, 0.1) is 17.9 Å². The quantitative estimate of drug-likeness (QED) is 0.194. The van der Waals surface area contributed by atoms with Crippen molar-refractivity contribution in [2.24, 2.45) is 16.1 Å². The lowest BCUT2D eigenvalue weighted by Gasteiger charge is -2.20. The van der Waals surface area contributed by atoms with E-state index in [1.807, 2.05) is 78.9 Å². The minimum atomic E-state index is -1.04. The minimum absolute atomic E-state index is 0.219. The van der Waals surface area contributed by atoms with Gasteiger partial charge in [-0.25, -0.2) is 0 Å². The molecule has 170 valence electrons. The summed E-state index contributed by atoms with van der Waals surface area (Å²) in [5, 5.41) is 8.52. The fourth-order valence-corrected chi connectivity index (χ4v) is 4.37. The third kappa shape index (κ3) is 4.57. The molecule has 5 nitrogen and oxygen atoms in total. The highest BCUT2D eigenvalue weighted by atomic mass is 16.3. The van der Waals surface area contributed by atoms with Crippen molar-refractivity contribution >= 4 is 29.6 Å². The average molecular weight is 459 g/mol. The number of hydrogen-bond donors (Lipinski definition) is 0. The third-order valence-electron chi connectivity index (χ3n) is 5.96. The zero-order chi connectivity index (χ0) is 24.0. The number of hydrogen-bond acceptors (Lipinski definition) is 5. The standard InChI is InChI=1S/C30H22N2O3/c33-29-25-18-8-7-17-24(25)28(32-31-19-9-15-23-16-10-20-35-23)27(29)30(34)26(21-11-3-1-4-12-21)22-13-5-2-6-14-22/h1-20,26-27H/b15-9+,31-19-,32-28+/t27-/m0/s1. The molecule has 1 aliphatic carbocycles. The molecule has 0 bridgehead atoms. The first kappa shape index (κ1) is 22.2. The SMILES string of the molecule is O=C1c2ccccc2\C(=N/N=C\C=C\c2ccco2)[C@@H]1C(=O)C(c1ccccc1)c1ccccc1. The van der Waals surface area contributed by atoms with E-state index in [0.29, 0.717) is 22.6 Å². The van der Waals surface area contributed by atoms with E-state index in [-0.39, 0.29) is 11.6 Å². The zero-order valence-corrected chi connectivity index (χ0v) is 18.8. The van der Waals surface area contributed by atoms with Gasteiger partial charge in [0, 0.05) is 17.3 Å². The maximum Gasteiger partial charge on any atom is 0.180 e. The summed E-state index contributed by atoms with van der Waals surface area (Å²) < 4.78 is 5.26. The summed E-state index contributed by atoms with van der Waals surface area (Å²) in [6, 6.07) is 29.9. The van der Waals surface area contributed by atoms with Crippen LogP contribution in [0, 0.1) is 5.92 Å². The molecule has 0 aliphatic heterocycles. The van der Waals surface area contributed by atoms with Crippen LogP contribution in [0.2, 0.25) is 0 Å². The number of allylic oxidation sites excluding steroid dienone is 1. The van der Waals surface area contributed by atoms with E-state index in [1.54, 1.807) is 36.6 Å². The summed E-state index contributed by atoms with van der Waals surface area (Å²) in [6.07, 6.45) is 6.54. The topological polar surface area (TPSA) is 72.0 Å². The summed E-state index contributed by atoms with van der Waals surface area (Å²) in [6.45, 7) is 0. The van der Waals surface area contributed by atoms with Gasteiger partial charge in [-0.1, -0.05) is 84.9 Å². The Morgan fingerprint density at radius 1 is 0.800 bits per heavy atom. The van der Waals surface area contributed by atoms with Crippen molar-refractivity contribution in [3.8, 4) is 0 Å². The molecule has 0 unspecified atom stereocenters. The van der Waals surface area contributed by atoms with Gasteiger partial charge in [0.2, 0.25) is 0 Å². The third-order valence-corrected chi connectivity index (χ3v) is 5.96. The second kappa shape index (κ2) is 10.1. The molecule has 1 aromatic heterocycles. The van der Waals surface area contributed by atoms with Crippen molar-refractivity contribution in [1.82, 2.24) is 0 Å². The number of Topliss-reactive ketones (excluding diaryl/α,β-unsaturated/α-hetero) is 2. The molecule has 0 spiro atoms. The van der Waals surface area contributed by atoms with E-state index in [1.165, 1.54) is 6.21 Å². The van der Waals surface area contributed by atoms with Crippen molar-refractivity contribution < 1.29 is 14.0 Å². The van der Waals surface area contributed by atoms with Gasteiger partial charge in [-0.2, -0.15) is 10.2 Å². The second-order valence-electron chi connectivity index (χ2n) is 8.12. The molecule has 1 atom stereocenters. The molecule has 4 aromatic rings. The van der Waals surface area contributed by atoms with Crippen LogP contribution in [-0.4, -0.2) is 23.5 Å². The number of benzene rings is 3. The first-order valence-corrected chi connectivity index (χ1v) is 11.3. The summed E-state index contributed by atoms with van der Waals surface area (Å²) in [5.41, 5.74) is 3.16. The number of carbonyl (C=O) groups excluding carboxylic acids is 2. The molecular formula is C30H22N2O3. The lowest BCUT2D eigenvalue weighted by molar-refractivity contribution is -0.120. The smallest absolute Gasteiger partial charge is 0.180 e. The molecule has 5 rings (SSSR count). The normalized spacial score (nSPS) is 16.5. The minimum Gasteiger partial charge on any atom is -0.465 e. The molecule has 1 heterocycles. The van der Waals surface area contributed by atoms with Crippen LogP contribution >= 0.6 is 0 Å². The molecule has 5 heteroatoms. The molecule has 0 saturated carbocycles. The lowest BCUT2D eigenvalue weighted by atomic mass is 9.80. The van der Waals surface area contributed by atoms with Gasteiger partial charge in [-0.05, 0) is 35.4 Å². The second-order valence-corrected chi connectivity index (χ2v) is 8.12. The van der Waals surface area contributed by atoms with E-state index >= 15 is 0 Å². The van der Waals surface area contributed by atoms with Gasteiger partial charge in [0.15, 0.2) is 11.6 Å². The van der Waals surface area contributed by atoms with Crippen LogP contribution in [0.4, 0.5) is 0 Å². The maximum atomic E-state index is 14.1. The average Bonchev–Trinajstić information content (AvgIpc) is 3.52. The van der Waals surface area contributed by atoms with Gasteiger partial charge < -0.3 is 4.42 Å². The van der Waals surface area contributed by atoms with E-state index in [9.17, 15) is 9.59 Å². The van der Waals surface area contributed by atoms with Crippen LogP contribution in [0.1, 0.15) is 38.7 Å². The highest BCUT2D eigenvalue weighted by Crippen LogP contribution is 2.35. The molecule has 0 radical (unpaired) electrons. The number of nitrogens with zero attached hydrogens (tertiary/aromatic N) is 2. The summed E-state index contributed by atoms with van der Waals surface area (Å²) in [5.74, 6) is -1.42. The van der Waals surface area contributed by atoms with Gasteiger partial charge in [0.25, 0.3) is 0 Å². The molecule has 0 amide bonds. The zero-order valence-electron chi connectivity index (χ0n) is 18.8. The van der Waals surface area contributed by atoms with Crippen LogP contribution in [0.25, 0.3) is 6.08 Å². The number of rotatable bonds is 7. The fraction of sp³-hybridized carbons (Fsp3) is 0.0667. The predicted molar refractivity (Wildman–Crippen MR) is 137 cm³/mol. The van der Waals surface area contributed by atoms with Crippen molar-refractivity contribution in [1.29, 1.82) is 0 Å². The summed E-state index contributed by atoms with van der Waals surface area (Å²) >= 11 is 0. The van der Waals surface area contributed by atoms with Crippen molar-refractivity contribution in [2.45, 2.75) is 5.92 Å². The molecule has 35 heavy (non-hydrogen) atoms. The molecule has 1 aliphatic rings. The Kier molecular flexibility index (Phi) is 6.39. The first-order chi connectivity index (χ1) is 17.2. The molecule has 0 saturated heterocycles. The molecule has 0 fully saturated rings. The monoisotopic (exact) mass is 458 g/mol. The Bertz CT molecular complexity index is 1380. The Hall–Kier alpha value is -4.64. The van der Waals surface area contributed by atoms with Gasteiger partial charge >= 0.3 is 0 Å². The first-order valence-electron chi connectivity index (χ1n) is 11.3. The van der Waals surface area contributed by atoms with E-state index in [2.05, 4.69) is 10.2 Å². The van der Waals surface area contributed by atoms with Crippen molar-refractivity contribution in [3.63, 3.8) is 0 Å². The van der Waals surface area contributed by atoms with Crippen molar-refractivity contribution in [2.75, 3.05) is 0 Å². The van der Waals surface area contributed by atoms with E-state index in [4.69, 9.17) is 4.42 Å². The van der Waals surface area contributed by atoms with Crippen LogP contribution in [0.5, 0.6) is 0 Å². The Morgan fingerprint density at radius 3 is 2.06 bits per heavy atom. The number of furan rings is 1. The van der Waals surface area contributed by atoms with Gasteiger partial charge in [0.1, 0.15) is 11.7 Å². The number of fused-ring (bicyclic) bond motifs is 1. The van der Waals surface area contributed by atoms with E-state index in [0.717, 1.165) is 11.1 Å². The number of ketones is 2. The summed E-state index contributed by atoms with van der Waals surface area (Å²) in [4.78, 5) is 27.6. The molecular weight excluding hydrogens is 436 g/mol. The molecule has 3 aromatic carbocycles. The highest BCUT2D eigenvalue weighted by molar-refractivity contribution is 6.38. The fourth-order valence-electron chi connectivity index (χ4n) is 4.37. The van der Waals surface area contributed by atoms with Crippen LogP contribution in [-0.2, 0) is 4.79 Å². The maximum absolute atomic E-state index is 14.1.